The number of piperidine rings is 1. The zero-order valence-electron chi connectivity index (χ0n) is 11.0. The monoisotopic (exact) mass is 226 g/mol. The van der Waals surface area contributed by atoms with Crippen molar-refractivity contribution in [3.63, 3.8) is 0 Å². The Labute approximate surface area is 99.5 Å². The minimum Gasteiger partial charge on any atom is -0.357 e. The maximum absolute atomic E-state index is 5.98. The molecule has 2 aliphatic heterocycles. The summed E-state index contributed by atoms with van der Waals surface area (Å²) in [4.78, 5) is 2.55. The van der Waals surface area contributed by atoms with Gasteiger partial charge in [-0.1, -0.05) is 6.92 Å². The highest BCUT2D eigenvalue weighted by molar-refractivity contribution is 4.86. The zero-order chi connectivity index (χ0) is 11.6. The Bertz CT molecular complexity index is 226. The van der Waals surface area contributed by atoms with Crippen LogP contribution in [0.4, 0.5) is 0 Å². The molecular weight excluding hydrogens is 200 g/mol. The lowest BCUT2D eigenvalue weighted by Crippen LogP contribution is -2.42. The fourth-order valence-corrected chi connectivity index (χ4v) is 3.06. The number of likely N-dealkylation sites (tertiary alicyclic amines) is 1. The van der Waals surface area contributed by atoms with Crippen LogP contribution in [-0.2, 0) is 4.74 Å². The first-order chi connectivity index (χ1) is 7.61. The molecule has 2 saturated heterocycles. The highest BCUT2D eigenvalue weighted by Crippen LogP contribution is 2.30. The summed E-state index contributed by atoms with van der Waals surface area (Å²) in [5.74, 6) is 0.839. The van der Waals surface area contributed by atoms with E-state index in [2.05, 4.69) is 31.0 Å². The van der Waals surface area contributed by atoms with Gasteiger partial charge >= 0.3 is 0 Å². The van der Waals surface area contributed by atoms with Crippen LogP contribution in [0.2, 0.25) is 0 Å². The van der Waals surface area contributed by atoms with Crippen molar-refractivity contribution in [2.45, 2.75) is 51.9 Å². The molecule has 0 aromatic rings. The van der Waals surface area contributed by atoms with Crippen LogP contribution in [0.15, 0.2) is 0 Å². The minimum atomic E-state index is -0.0571. The standard InChI is InChI=1S/C13H26N2O/c1-4-15-7-5-12(6-8-15)9-13(3)14-10-11(2)16-13/h11-12,14H,4-10H2,1-3H3. The quantitative estimate of drug-likeness (QED) is 0.794. The lowest BCUT2D eigenvalue weighted by molar-refractivity contribution is -0.0508. The Hall–Kier alpha value is -0.120. The second kappa shape index (κ2) is 5.03. The van der Waals surface area contributed by atoms with E-state index < -0.39 is 0 Å². The molecule has 3 heteroatoms. The Kier molecular flexibility index (Phi) is 3.88. The molecule has 0 aromatic heterocycles. The SMILES string of the molecule is CCN1CCC(CC2(C)NCC(C)O2)CC1. The van der Waals surface area contributed by atoms with Crippen LogP contribution in [0.3, 0.4) is 0 Å². The van der Waals surface area contributed by atoms with E-state index in [1.807, 2.05) is 0 Å². The van der Waals surface area contributed by atoms with Crippen LogP contribution in [-0.4, -0.2) is 42.9 Å². The molecule has 0 bridgehead atoms. The summed E-state index contributed by atoms with van der Waals surface area (Å²) in [5.41, 5.74) is -0.0571. The largest absolute Gasteiger partial charge is 0.357 e. The van der Waals surface area contributed by atoms with Gasteiger partial charge in [-0.3, -0.25) is 5.32 Å². The third-order valence-corrected chi connectivity index (χ3v) is 4.06. The maximum Gasteiger partial charge on any atom is 0.117 e. The van der Waals surface area contributed by atoms with Crippen molar-refractivity contribution in [3.05, 3.63) is 0 Å². The van der Waals surface area contributed by atoms with Crippen molar-refractivity contribution in [1.29, 1.82) is 0 Å². The van der Waals surface area contributed by atoms with Crippen molar-refractivity contribution in [2.75, 3.05) is 26.2 Å². The van der Waals surface area contributed by atoms with E-state index in [1.165, 1.54) is 38.9 Å². The molecule has 0 amide bonds. The van der Waals surface area contributed by atoms with E-state index in [9.17, 15) is 0 Å². The highest BCUT2D eigenvalue weighted by Gasteiger charge is 2.36. The molecule has 2 heterocycles. The average Bonchev–Trinajstić information content (AvgIpc) is 2.59. The van der Waals surface area contributed by atoms with Crippen LogP contribution in [0, 0.1) is 5.92 Å². The molecule has 0 saturated carbocycles. The summed E-state index contributed by atoms with van der Waals surface area (Å²) in [6.45, 7) is 11.4. The summed E-state index contributed by atoms with van der Waals surface area (Å²) >= 11 is 0. The number of rotatable bonds is 3. The van der Waals surface area contributed by atoms with Crippen LogP contribution >= 0.6 is 0 Å². The molecule has 0 aromatic carbocycles. The van der Waals surface area contributed by atoms with E-state index in [0.29, 0.717) is 6.10 Å². The molecule has 2 rings (SSSR count). The zero-order valence-corrected chi connectivity index (χ0v) is 11.0. The number of nitrogens with one attached hydrogen (secondary N) is 1. The first-order valence-corrected chi connectivity index (χ1v) is 6.76. The van der Waals surface area contributed by atoms with Crippen molar-refractivity contribution in [1.82, 2.24) is 10.2 Å². The number of hydrogen-bond acceptors (Lipinski definition) is 3. The lowest BCUT2D eigenvalue weighted by Gasteiger charge is -2.35. The summed E-state index contributed by atoms with van der Waals surface area (Å²) in [6.07, 6.45) is 4.22. The van der Waals surface area contributed by atoms with Gasteiger partial charge in [0.2, 0.25) is 0 Å². The van der Waals surface area contributed by atoms with Crippen molar-refractivity contribution < 1.29 is 4.74 Å². The van der Waals surface area contributed by atoms with Crippen molar-refractivity contribution >= 4 is 0 Å². The van der Waals surface area contributed by atoms with Crippen LogP contribution in [0.25, 0.3) is 0 Å². The molecular formula is C13H26N2O. The third kappa shape index (κ3) is 2.96. The third-order valence-electron chi connectivity index (χ3n) is 4.06. The smallest absolute Gasteiger partial charge is 0.117 e. The molecule has 2 unspecified atom stereocenters. The van der Waals surface area contributed by atoms with Crippen LogP contribution in [0.1, 0.15) is 40.0 Å². The van der Waals surface area contributed by atoms with Crippen LogP contribution in [0.5, 0.6) is 0 Å². The summed E-state index contributed by atoms with van der Waals surface area (Å²) in [6, 6.07) is 0. The fraction of sp³-hybridized carbons (Fsp3) is 1.00. The van der Waals surface area contributed by atoms with Gasteiger partial charge in [0.1, 0.15) is 5.72 Å². The predicted molar refractivity (Wildman–Crippen MR) is 66.4 cm³/mol. The van der Waals surface area contributed by atoms with Crippen LogP contribution < -0.4 is 5.32 Å². The van der Waals surface area contributed by atoms with Crippen molar-refractivity contribution in [3.8, 4) is 0 Å². The average molecular weight is 226 g/mol. The second-order valence-electron chi connectivity index (χ2n) is 5.62. The van der Waals surface area contributed by atoms with Gasteiger partial charge in [0.25, 0.3) is 0 Å². The first-order valence-electron chi connectivity index (χ1n) is 6.76. The van der Waals surface area contributed by atoms with Gasteiger partial charge in [-0.15, -0.1) is 0 Å². The van der Waals surface area contributed by atoms with E-state index in [1.54, 1.807) is 0 Å². The van der Waals surface area contributed by atoms with Gasteiger partial charge < -0.3 is 9.64 Å². The van der Waals surface area contributed by atoms with E-state index in [0.717, 1.165) is 12.5 Å². The predicted octanol–water partition coefficient (Wildman–Crippen LogP) is 1.83. The number of ether oxygens (including phenoxy) is 1. The molecule has 0 radical (unpaired) electrons. The highest BCUT2D eigenvalue weighted by atomic mass is 16.5. The summed E-state index contributed by atoms with van der Waals surface area (Å²) < 4.78 is 5.98. The second-order valence-corrected chi connectivity index (χ2v) is 5.62. The molecule has 2 aliphatic rings. The molecule has 0 aliphatic carbocycles. The lowest BCUT2D eigenvalue weighted by atomic mass is 9.89. The Morgan fingerprint density at radius 1 is 1.38 bits per heavy atom. The molecule has 1 N–H and O–H groups in total. The van der Waals surface area contributed by atoms with E-state index in [-0.39, 0.29) is 5.72 Å². The molecule has 3 nitrogen and oxygen atoms in total. The van der Waals surface area contributed by atoms with E-state index in [4.69, 9.17) is 4.74 Å². The maximum atomic E-state index is 5.98. The van der Waals surface area contributed by atoms with Gasteiger partial charge in [-0.25, -0.2) is 0 Å². The molecule has 16 heavy (non-hydrogen) atoms. The van der Waals surface area contributed by atoms with E-state index >= 15 is 0 Å². The Morgan fingerprint density at radius 2 is 2.06 bits per heavy atom. The van der Waals surface area contributed by atoms with Gasteiger partial charge in [-0.2, -0.15) is 0 Å². The summed E-state index contributed by atoms with van der Waals surface area (Å²) in [7, 11) is 0. The molecule has 94 valence electrons. The fourth-order valence-electron chi connectivity index (χ4n) is 3.06. The Balaban J connectivity index is 1.78. The van der Waals surface area contributed by atoms with Gasteiger partial charge in [-0.05, 0) is 58.7 Å². The van der Waals surface area contributed by atoms with Crippen molar-refractivity contribution in [2.24, 2.45) is 5.92 Å². The number of hydrogen-bond donors (Lipinski definition) is 1. The molecule has 2 atom stereocenters. The molecule has 0 spiro atoms. The molecule has 2 fully saturated rings. The number of nitrogens with zero attached hydrogens (tertiary/aromatic N) is 1. The first kappa shape index (κ1) is 12.3. The normalized spacial score (nSPS) is 38.1. The van der Waals surface area contributed by atoms with Gasteiger partial charge in [0, 0.05) is 6.54 Å². The Morgan fingerprint density at radius 3 is 2.56 bits per heavy atom. The summed E-state index contributed by atoms with van der Waals surface area (Å²) in [5, 5.41) is 3.52. The van der Waals surface area contributed by atoms with Gasteiger partial charge in [0.05, 0.1) is 6.10 Å². The minimum absolute atomic E-state index is 0.0571. The topological polar surface area (TPSA) is 24.5 Å². The van der Waals surface area contributed by atoms with Gasteiger partial charge in [0.15, 0.2) is 0 Å².